The third kappa shape index (κ3) is 6.30. The maximum Gasteiger partial charge on any atom is 0.246 e. The SMILES string of the molecule is CC(C)[C@H](N)C(=O)NCc1nc(-c2ccc(COc3ccccc3)cc2)no1.Cl. The van der Waals surface area contributed by atoms with Crippen molar-refractivity contribution < 1.29 is 14.1 Å². The van der Waals surface area contributed by atoms with Gasteiger partial charge < -0.3 is 20.3 Å². The van der Waals surface area contributed by atoms with Crippen LogP contribution in [0.1, 0.15) is 25.3 Å². The van der Waals surface area contributed by atoms with Gasteiger partial charge in [-0.2, -0.15) is 4.98 Å². The van der Waals surface area contributed by atoms with Crippen molar-refractivity contribution >= 4 is 18.3 Å². The molecule has 2 aromatic carbocycles. The lowest BCUT2D eigenvalue weighted by Gasteiger charge is -2.14. The number of ether oxygens (including phenoxy) is 1. The first-order valence-electron chi connectivity index (χ1n) is 9.16. The van der Waals surface area contributed by atoms with E-state index >= 15 is 0 Å². The largest absolute Gasteiger partial charge is 0.489 e. The van der Waals surface area contributed by atoms with Gasteiger partial charge in [-0.1, -0.05) is 61.5 Å². The third-order valence-electron chi connectivity index (χ3n) is 4.26. The summed E-state index contributed by atoms with van der Waals surface area (Å²) in [5.74, 6) is 1.44. The third-order valence-corrected chi connectivity index (χ3v) is 4.26. The minimum absolute atomic E-state index is 0. The van der Waals surface area contributed by atoms with Crippen LogP contribution >= 0.6 is 12.4 Å². The molecule has 8 heteroatoms. The Balaban J connectivity index is 0.00000300. The van der Waals surface area contributed by atoms with Crippen LogP contribution < -0.4 is 15.8 Å². The van der Waals surface area contributed by atoms with E-state index in [-0.39, 0.29) is 30.8 Å². The predicted octanol–water partition coefficient (Wildman–Crippen LogP) is 3.34. The van der Waals surface area contributed by atoms with Crippen molar-refractivity contribution in [3.8, 4) is 17.1 Å². The van der Waals surface area contributed by atoms with Gasteiger partial charge >= 0.3 is 0 Å². The predicted molar refractivity (Wildman–Crippen MR) is 112 cm³/mol. The molecule has 1 atom stereocenters. The highest BCUT2D eigenvalue weighted by atomic mass is 35.5. The van der Waals surface area contributed by atoms with Crippen LogP contribution in [0.5, 0.6) is 5.75 Å². The van der Waals surface area contributed by atoms with E-state index in [2.05, 4.69) is 15.5 Å². The maximum absolute atomic E-state index is 11.9. The van der Waals surface area contributed by atoms with Crippen molar-refractivity contribution in [1.29, 1.82) is 0 Å². The quantitative estimate of drug-likeness (QED) is 0.583. The summed E-state index contributed by atoms with van der Waals surface area (Å²) >= 11 is 0. The van der Waals surface area contributed by atoms with Crippen LogP contribution in [0.4, 0.5) is 0 Å². The highest BCUT2D eigenvalue weighted by Gasteiger charge is 2.18. The lowest BCUT2D eigenvalue weighted by atomic mass is 10.1. The Hall–Kier alpha value is -2.90. The van der Waals surface area contributed by atoms with Gasteiger partial charge in [-0.15, -0.1) is 12.4 Å². The van der Waals surface area contributed by atoms with Gasteiger partial charge in [0.05, 0.1) is 12.6 Å². The first kappa shape index (κ1) is 22.4. The van der Waals surface area contributed by atoms with Crippen molar-refractivity contribution in [2.24, 2.45) is 11.7 Å². The summed E-state index contributed by atoms with van der Waals surface area (Å²) in [6.45, 7) is 4.41. The van der Waals surface area contributed by atoms with Crippen molar-refractivity contribution in [3.05, 3.63) is 66.1 Å². The highest BCUT2D eigenvalue weighted by molar-refractivity contribution is 5.85. The van der Waals surface area contributed by atoms with E-state index < -0.39 is 6.04 Å². The van der Waals surface area contributed by atoms with E-state index in [1.165, 1.54) is 0 Å². The fourth-order valence-electron chi connectivity index (χ4n) is 2.46. The maximum atomic E-state index is 11.9. The number of amides is 1. The Morgan fingerprint density at radius 2 is 1.83 bits per heavy atom. The zero-order valence-corrected chi connectivity index (χ0v) is 17.2. The van der Waals surface area contributed by atoms with Crippen LogP contribution in [0.25, 0.3) is 11.4 Å². The van der Waals surface area contributed by atoms with Crippen molar-refractivity contribution in [1.82, 2.24) is 15.5 Å². The number of nitrogens with zero attached hydrogens (tertiary/aromatic N) is 2. The first-order chi connectivity index (χ1) is 13.5. The number of hydrogen-bond acceptors (Lipinski definition) is 6. The number of benzene rings is 2. The molecule has 7 nitrogen and oxygen atoms in total. The minimum atomic E-state index is -0.562. The molecule has 1 heterocycles. The molecule has 29 heavy (non-hydrogen) atoms. The first-order valence-corrected chi connectivity index (χ1v) is 9.16. The highest BCUT2D eigenvalue weighted by Crippen LogP contribution is 2.18. The Labute approximate surface area is 176 Å². The number of rotatable bonds is 8. The van der Waals surface area contributed by atoms with Crippen LogP contribution in [0.2, 0.25) is 0 Å². The van der Waals surface area contributed by atoms with Gasteiger partial charge in [0.15, 0.2) is 0 Å². The smallest absolute Gasteiger partial charge is 0.246 e. The van der Waals surface area contributed by atoms with E-state index in [4.69, 9.17) is 15.0 Å². The number of hydrogen-bond donors (Lipinski definition) is 2. The monoisotopic (exact) mass is 416 g/mol. The second kappa shape index (κ2) is 10.6. The normalized spacial score (nSPS) is 11.6. The molecule has 0 saturated carbocycles. The summed E-state index contributed by atoms with van der Waals surface area (Å²) in [7, 11) is 0. The summed E-state index contributed by atoms with van der Waals surface area (Å²) in [6, 6.07) is 16.8. The van der Waals surface area contributed by atoms with E-state index in [1.807, 2.05) is 68.4 Å². The Kier molecular flexibility index (Phi) is 8.18. The molecule has 1 amide bonds. The van der Waals surface area contributed by atoms with Crippen LogP contribution in [-0.2, 0) is 17.9 Å². The fourth-order valence-corrected chi connectivity index (χ4v) is 2.46. The number of carbonyl (C=O) groups is 1. The average molecular weight is 417 g/mol. The summed E-state index contributed by atoms with van der Waals surface area (Å²) < 4.78 is 10.9. The number of halogens is 1. The topological polar surface area (TPSA) is 103 Å². The molecule has 0 unspecified atom stereocenters. The molecule has 0 saturated heterocycles. The van der Waals surface area contributed by atoms with Gasteiger partial charge in [0.1, 0.15) is 12.4 Å². The summed E-state index contributed by atoms with van der Waals surface area (Å²) in [4.78, 5) is 16.2. The van der Waals surface area contributed by atoms with E-state index in [9.17, 15) is 4.79 Å². The number of nitrogens with two attached hydrogens (primary N) is 1. The van der Waals surface area contributed by atoms with Crippen molar-refractivity contribution in [2.45, 2.75) is 33.0 Å². The van der Waals surface area contributed by atoms with Gasteiger partial charge in [-0.05, 0) is 23.6 Å². The molecule has 0 spiro atoms. The van der Waals surface area contributed by atoms with Crippen molar-refractivity contribution in [2.75, 3.05) is 0 Å². The molecule has 1 aromatic heterocycles. The van der Waals surface area contributed by atoms with Gasteiger partial charge in [-0.25, -0.2) is 0 Å². The Bertz CT molecular complexity index is 898. The average Bonchev–Trinajstić information content (AvgIpc) is 3.20. The number of carbonyl (C=O) groups excluding carboxylic acids is 1. The van der Waals surface area contributed by atoms with Crippen LogP contribution in [0.15, 0.2) is 59.1 Å². The minimum Gasteiger partial charge on any atom is -0.489 e. The molecule has 3 aromatic rings. The molecule has 154 valence electrons. The molecule has 0 aliphatic rings. The second-order valence-electron chi connectivity index (χ2n) is 6.80. The summed E-state index contributed by atoms with van der Waals surface area (Å²) in [6.07, 6.45) is 0. The molecule has 3 N–H and O–H groups in total. The lowest BCUT2D eigenvalue weighted by molar-refractivity contribution is -0.123. The van der Waals surface area contributed by atoms with Crippen LogP contribution in [-0.4, -0.2) is 22.1 Å². The van der Waals surface area contributed by atoms with Gasteiger partial charge in [0.25, 0.3) is 0 Å². The van der Waals surface area contributed by atoms with E-state index in [0.717, 1.165) is 16.9 Å². The second-order valence-corrected chi connectivity index (χ2v) is 6.80. The molecule has 0 bridgehead atoms. The molecular formula is C21H25ClN4O3. The van der Waals surface area contributed by atoms with Crippen LogP contribution in [0.3, 0.4) is 0 Å². The summed E-state index contributed by atoms with van der Waals surface area (Å²) in [5, 5.41) is 6.68. The summed E-state index contributed by atoms with van der Waals surface area (Å²) in [5.41, 5.74) is 7.66. The fraction of sp³-hybridized carbons (Fsp3) is 0.286. The van der Waals surface area contributed by atoms with E-state index in [0.29, 0.717) is 18.3 Å². The number of aromatic nitrogens is 2. The zero-order chi connectivity index (χ0) is 19.9. The van der Waals surface area contributed by atoms with Crippen molar-refractivity contribution in [3.63, 3.8) is 0 Å². The van der Waals surface area contributed by atoms with Gasteiger partial charge in [-0.3, -0.25) is 4.79 Å². The number of para-hydroxylation sites is 1. The molecule has 3 rings (SSSR count). The molecule has 0 aliphatic carbocycles. The standard InChI is InChI=1S/C21H24N4O3.ClH/c1-14(2)19(22)21(26)23-12-18-24-20(25-28-18)16-10-8-15(9-11-16)13-27-17-6-4-3-5-7-17;/h3-11,14,19H,12-13,22H2,1-2H3,(H,23,26);1H/t19-;/m0./s1. The number of nitrogens with one attached hydrogen (secondary N) is 1. The van der Waals surface area contributed by atoms with Crippen LogP contribution in [0, 0.1) is 5.92 Å². The Morgan fingerprint density at radius 1 is 1.14 bits per heavy atom. The molecular weight excluding hydrogens is 392 g/mol. The van der Waals surface area contributed by atoms with E-state index in [1.54, 1.807) is 0 Å². The van der Waals surface area contributed by atoms with Gasteiger partial charge in [0.2, 0.25) is 17.6 Å². The lowest BCUT2D eigenvalue weighted by Crippen LogP contribution is -2.43. The zero-order valence-electron chi connectivity index (χ0n) is 16.4. The molecule has 0 fully saturated rings. The molecule has 0 aliphatic heterocycles. The Morgan fingerprint density at radius 3 is 2.48 bits per heavy atom. The molecule has 0 radical (unpaired) electrons. The van der Waals surface area contributed by atoms with Gasteiger partial charge in [0, 0.05) is 5.56 Å².